The molecule has 2 aromatic rings. The van der Waals surface area contributed by atoms with Crippen molar-refractivity contribution in [3.63, 3.8) is 0 Å². The number of carbonyl (C=O) groups excluding carboxylic acids is 1. The van der Waals surface area contributed by atoms with Gasteiger partial charge in [0.05, 0.1) is 11.3 Å². The zero-order chi connectivity index (χ0) is 20.6. The summed E-state index contributed by atoms with van der Waals surface area (Å²) in [5.74, 6) is 0.787. The highest BCUT2D eigenvalue weighted by molar-refractivity contribution is 7.99. The molecule has 0 aliphatic carbocycles. The van der Waals surface area contributed by atoms with Crippen molar-refractivity contribution in [2.45, 2.75) is 19.0 Å². The fourth-order valence-electron chi connectivity index (χ4n) is 3.76. The maximum absolute atomic E-state index is 13.7. The van der Waals surface area contributed by atoms with Gasteiger partial charge in [-0.2, -0.15) is 24.9 Å². The van der Waals surface area contributed by atoms with E-state index in [1.807, 2.05) is 25.1 Å². The van der Waals surface area contributed by atoms with Crippen LogP contribution in [0.15, 0.2) is 41.4 Å². The molecule has 0 bridgehead atoms. The largest absolute Gasteiger partial charge is 0.418 e. The van der Waals surface area contributed by atoms with Crippen LogP contribution < -0.4 is 10.2 Å². The molecule has 1 N–H and O–H groups in total. The molecule has 2 heterocycles. The highest BCUT2D eigenvalue weighted by Crippen LogP contribution is 2.40. The number of carbonyl (C=O) groups is 1. The van der Waals surface area contributed by atoms with Crippen molar-refractivity contribution in [2.24, 2.45) is 4.99 Å². The number of thioether (sulfide) groups is 1. The van der Waals surface area contributed by atoms with Crippen LogP contribution in [0.3, 0.4) is 0 Å². The molecule has 29 heavy (non-hydrogen) atoms. The highest BCUT2D eigenvalue weighted by Gasteiger charge is 2.36. The number of aryl methyl sites for hydroxylation is 1. The van der Waals surface area contributed by atoms with Gasteiger partial charge in [-0.3, -0.25) is 9.79 Å². The third-order valence-electron chi connectivity index (χ3n) is 5.19. The van der Waals surface area contributed by atoms with Gasteiger partial charge in [-0.25, -0.2) is 0 Å². The molecule has 1 amide bonds. The first-order valence-electron chi connectivity index (χ1n) is 9.33. The standard InChI is InChI=1S/C21H20F3N3OS/c1-13-3-2-4-17-19(13)15(20(28)26-17)12-25-14-5-6-18(16(11-14)21(22,23)24)27-7-9-29-10-8-27/h2-6,11-12,15H,7-10H2,1H3,(H,26,28). The Hall–Kier alpha value is -2.48. The predicted molar refractivity (Wildman–Crippen MR) is 112 cm³/mol. The van der Waals surface area contributed by atoms with Crippen molar-refractivity contribution >= 4 is 40.9 Å². The molecule has 4 rings (SSSR count). The molecule has 1 fully saturated rings. The number of nitrogens with zero attached hydrogens (tertiary/aromatic N) is 2. The number of alkyl halides is 3. The summed E-state index contributed by atoms with van der Waals surface area (Å²) in [4.78, 5) is 18.3. The smallest absolute Gasteiger partial charge is 0.369 e. The summed E-state index contributed by atoms with van der Waals surface area (Å²) >= 11 is 1.74. The summed E-state index contributed by atoms with van der Waals surface area (Å²) in [5, 5.41) is 2.79. The van der Waals surface area contributed by atoms with Crippen LogP contribution in [-0.4, -0.2) is 36.7 Å². The monoisotopic (exact) mass is 419 g/mol. The topological polar surface area (TPSA) is 44.7 Å². The quantitative estimate of drug-likeness (QED) is 0.712. The van der Waals surface area contributed by atoms with Gasteiger partial charge in [0.2, 0.25) is 5.91 Å². The molecule has 1 saturated heterocycles. The molecular formula is C21H20F3N3OS. The Kier molecular flexibility index (Phi) is 5.29. The van der Waals surface area contributed by atoms with Gasteiger partial charge in [0.15, 0.2) is 0 Å². The van der Waals surface area contributed by atoms with Gasteiger partial charge in [-0.15, -0.1) is 0 Å². The van der Waals surface area contributed by atoms with Crippen LogP contribution in [0.5, 0.6) is 0 Å². The van der Waals surface area contributed by atoms with E-state index in [2.05, 4.69) is 10.3 Å². The summed E-state index contributed by atoms with van der Waals surface area (Å²) in [6.45, 7) is 3.08. The average Bonchev–Trinajstić information content (AvgIpc) is 3.02. The highest BCUT2D eigenvalue weighted by atomic mass is 32.2. The first-order valence-corrected chi connectivity index (χ1v) is 10.5. The molecule has 1 unspecified atom stereocenters. The minimum absolute atomic E-state index is 0.183. The molecule has 4 nitrogen and oxygen atoms in total. The zero-order valence-corrected chi connectivity index (χ0v) is 16.6. The average molecular weight is 419 g/mol. The van der Waals surface area contributed by atoms with E-state index in [9.17, 15) is 18.0 Å². The van der Waals surface area contributed by atoms with Gasteiger partial charge in [-0.1, -0.05) is 12.1 Å². The van der Waals surface area contributed by atoms with E-state index in [0.29, 0.717) is 13.1 Å². The molecule has 0 spiro atoms. The van der Waals surface area contributed by atoms with Crippen molar-refractivity contribution in [3.05, 3.63) is 53.1 Å². The van der Waals surface area contributed by atoms with Crippen molar-refractivity contribution in [3.8, 4) is 0 Å². The third-order valence-corrected chi connectivity index (χ3v) is 6.13. The Bertz CT molecular complexity index is 968. The molecular weight excluding hydrogens is 399 g/mol. The summed E-state index contributed by atoms with van der Waals surface area (Å²) in [7, 11) is 0. The fourth-order valence-corrected chi connectivity index (χ4v) is 4.66. The van der Waals surface area contributed by atoms with Crippen molar-refractivity contribution in [1.82, 2.24) is 0 Å². The molecule has 2 aromatic carbocycles. The van der Waals surface area contributed by atoms with Crippen LogP contribution in [0.1, 0.15) is 22.6 Å². The first-order chi connectivity index (χ1) is 13.8. The SMILES string of the molecule is Cc1cccc2c1C(C=Nc1ccc(N3CCSCC3)c(C(F)(F)F)c1)C(=O)N2. The second kappa shape index (κ2) is 7.74. The van der Waals surface area contributed by atoms with E-state index < -0.39 is 17.7 Å². The van der Waals surface area contributed by atoms with E-state index in [4.69, 9.17) is 0 Å². The second-order valence-corrected chi connectivity index (χ2v) is 8.30. The lowest BCUT2D eigenvalue weighted by Crippen LogP contribution is -2.34. The number of fused-ring (bicyclic) bond motifs is 1. The summed E-state index contributed by atoms with van der Waals surface area (Å²) in [6.07, 6.45) is -3.04. The molecule has 0 aromatic heterocycles. The number of anilines is 2. The lowest BCUT2D eigenvalue weighted by Gasteiger charge is -2.30. The van der Waals surface area contributed by atoms with E-state index in [1.165, 1.54) is 12.3 Å². The van der Waals surface area contributed by atoms with Crippen molar-refractivity contribution in [2.75, 3.05) is 34.8 Å². The second-order valence-electron chi connectivity index (χ2n) is 7.08. The number of benzene rings is 2. The molecule has 152 valence electrons. The minimum atomic E-state index is -4.47. The molecule has 2 aliphatic rings. The molecule has 2 aliphatic heterocycles. The number of aliphatic imine (C=N–C) groups is 1. The van der Waals surface area contributed by atoms with Crippen LogP contribution in [0, 0.1) is 6.92 Å². The Morgan fingerprint density at radius 2 is 1.97 bits per heavy atom. The third kappa shape index (κ3) is 3.99. The lowest BCUT2D eigenvalue weighted by molar-refractivity contribution is -0.137. The Balaban J connectivity index is 1.65. The van der Waals surface area contributed by atoms with Crippen LogP contribution in [0.2, 0.25) is 0 Å². The maximum atomic E-state index is 13.7. The molecule has 0 radical (unpaired) electrons. The summed E-state index contributed by atoms with van der Waals surface area (Å²) in [6, 6.07) is 9.68. The predicted octanol–water partition coefficient (Wildman–Crippen LogP) is 5.01. The number of amides is 1. The normalized spacial score (nSPS) is 19.5. The zero-order valence-electron chi connectivity index (χ0n) is 15.8. The Morgan fingerprint density at radius 3 is 2.69 bits per heavy atom. The Morgan fingerprint density at radius 1 is 1.21 bits per heavy atom. The molecule has 8 heteroatoms. The van der Waals surface area contributed by atoms with Crippen LogP contribution in [0.4, 0.5) is 30.2 Å². The number of halogens is 3. The van der Waals surface area contributed by atoms with Gasteiger partial charge in [0, 0.05) is 42.2 Å². The van der Waals surface area contributed by atoms with E-state index in [0.717, 1.165) is 34.4 Å². The molecule has 0 saturated carbocycles. The number of hydrogen-bond acceptors (Lipinski definition) is 4. The van der Waals surface area contributed by atoms with Crippen LogP contribution in [-0.2, 0) is 11.0 Å². The van der Waals surface area contributed by atoms with E-state index >= 15 is 0 Å². The molecule has 1 atom stereocenters. The van der Waals surface area contributed by atoms with Gasteiger partial charge in [0.1, 0.15) is 5.92 Å². The maximum Gasteiger partial charge on any atom is 0.418 e. The lowest BCUT2D eigenvalue weighted by atomic mass is 9.97. The van der Waals surface area contributed by atoms with Crippen molar-refractivity contribution < 1.29 is 18.0 Å². The number of hydrogen-bond donors (Lipinski definition) is 1. The minimum Gasteiger partial charge on any atom is -0.369 e. The van der Waals surface area contributed by atoms with Gasteiger partial charge in [0.25, 0.3) is 0 Å². The van der Waals surface area contributed by atoms with Gasteiger partial charge in [-0.05, 0) is 42.3 Å². The van der Waals surface area contributed by atoms with E-state index in [1.54, 1.807) is 22.7 Å². The van der Waals surface area contributed by atoms with Gasteiger partial charge >= 0.3 is 6.18 Å². The Labute approximate surface area is 171 Å². The van der Waals surface area contributed by atoms with Gasteiger partial charge < -0.3 is 10.2 Å². The van der Waals surface area contributed by atoms with Crippen LogP contribution >= 0.6 is 11.8 Å². The van der Waals surface area contributed by atoms with E-state index in [-0.39, 0.29) is 17.3 Å². The summed E-state index contributed by atoms with van der Waals surface area (Å²) < 4.78 is 41.1. The summed E-state index contributed by atoms with van der Waals surface area (Å²) in [5.41, 5.74) is 2.16. The first kappa shape index (κ1) is 19.8. The fraction of sp³-hybridized carbons (Fsp3) is 0.333. The van der Waals surface area contributed by atoms with Crippen LogP contribution in [0.25, 0.3) is 0 Å². The van der Waals surface area contributed by atoms with Crippen molar-refractivity contribution in [1.29, 1.82) is 0 Å². The number of nitrogens with one attached hydrogen (secondary N) is 1. The number of rotatable bonds is 3.